The fraction of sp³-hybridized carbons (Fsp3) is 0. The number of carbonyl (C=O) groups is 4. The van der Waals surface area contributed by atoms with E-state index in [1.807, 2.05) is 24.3 Å². The minimum Gasteiger partial charge on any atom is -0.294 e. The second kappa shape index (κ2) is 7.49. The number of aldehydes is 2. The Hall–Kier alpha value is -3.66. The van der Waals surface area contributed by atoms with Crippen LogP contribution in [0.5, 0.6) is 0 Å². The molecular formula is C22H14O4. The van der Waals surface area contributed by atoms with Crippen molar-refractivity contribution in [3.63, 3.8) is 0 Å². The first-order chi connectivity index (χ1) is 12.6. The highest BCUT2D eigenvalue weighted by Crippen LogP contribution is 2.32. The summed E-state index contributed by atoms with van der Waals surface area (Å²) in [6.45, 7) is 0. The fourth-order valence-corrected chi connectivity index (χ4v) is 2.75. The standard InChI is InChI=1S/C22H14O4/c23-13-21(25)17-9-5-15(6-10-17)19-3-1-2-4-20(19)16-7-11-18(12-8-16)22(26)14-24/h1-14H. The van der Waals surface area contributed by atoms with Crippen molar-refractivity contribution in [1.82, 2.24) is 0 Å². The SMILES string of the molecule is O=CC(=O)c1ccc(-c2ccccc2-c2ccc(C(=O)C=O)cc2)cc1. The third-order valence-electron chi connectivity index (χ3n) is 4.10. The van der Waals surface area contributed by atoms with Gasteiger partial charge in [-0.2, -0.15) is 0 Å². The zero-order valence-corrected chi connectivity index (χ0v) is 13.7. The number of hydrogen-bond acceptors (Lipinski definition) is 4. The van der Waals surface area contributed by atoms with Crippen LogP contribution in [0.2, 0.25) is 0 Å². The molecule has 0 aliphatic rings. The molecule has 0 heterocycles. The number of Topliss-reactive ketones (excluding diaryl/α,β-unsaturated/α-hetero) is 2. The number of rotatable bonds is 6. The Kier molecular flexibility index (Phi) is 4.94. The predicted molar refractivity (Wildman–Crippen MR) is 98.1 cm³/mol. The van der Waals surface area contributed by atoms with Gasteiger partial charge in [0, 0.05) is 11.1 Å². The second-order valence-electron chi connectivity index (χ2n) is 5.66. The second-order valence-corrected chi connectivity index (χ2v) is 5.66. The largest absolute Gasteiger partial charge is 0.294 e. The number of ketones is 2. The summed E-state index contributed by atoms with van der Waals surface area (Å²) in [6.07, 6.45) is 0.594. The number of carbonyl (C=O) groups excluding carboxylic acids is 4. The molecule has 0 amide bonds. The van der Waals surface area contributed by atoms with Gasteiger partial charge < -0.3 is 0 Å². The van der Waals surface area contributed by atoms with Gasteiger partial charge in [-0.25, -0.2) is 0 Å². The van der Waals surface area contributed by atoms with E-state index in [4.69, 9.17) is 0 Å². The van der Waals surface area contributed by atoms with Crippen LogP contribution in [-0.2, 0) is 9.59 Å². The molecular weight excluding hydrogens is 328 g/mol. The molecule has 0 aliphatic carbocycles. The lowest BCUT2D eigenvalue weighted by molar-refractivity contribution is -0.105. The van der Waals surface area contributed by atoms with Crippen LogP contribution in [-0.4, -0.2) is 24.1 Å². The van der Waals surface area contributed by atoms with Crippen LogP contribution < -0.4 is 0 Å². The molecule has 0 N–H and O–H groups in total. The molecule has 3 rings (SSSR count). The Labute approximate surface area is 150 Å². The lowest BCUT2D eigenvalue weighted by Crippen LogP contribution is -1.99. The summed E-state index contributed by atoms with van der Waals surface area (Å²) < 4.78 is 0. The molecule has 126 valence electrons. The summed E-state index contributed by atoms with van der Waals surface area (Å²) >= 11 is 0. The van der Waals surface area contributed by atoms with Crippen molar-refractivity contribution in [2.24, 2.45) is 0 Å². The third-order valence-corrected chi connectivity index (χ3v) is 4.10. The average molecular weight is 342 g/mol. The van der Waals surface area contributed by atoms with E-state index >= 15 is 0 Å². The van der Waals surface area contributed by atoms with E-state index in [0.717, 1.165) is 22.3 Å². The van der Waals surface area contributed by atoms with Gasteiger partial charge in [0.25, 0.3) is 0 Å². The molecule has 0 radical (unpaired) electrons. The van der Waals surface area contributed by atoms with Crippen molar-refractivity contribution >= 4 is 24.1 Å². The zero-order chi connectivity index (χ0) is 18.5. The Bertz CT molecular complexity index is 901. The van der Waals surface area contributed by atoms with Crippen LogP contribution in [0.4, 0.5) is 0 Å². The van der Waals surface area contributed by atoms with Crippen LogP contribution >= 0.6 is 0 Å². The van der Waals surface area contributed by atoms with Gasteiger partial charge in [-0.15, -0.1) is 0 Å². The van der Waals surface area contributed by atoms with Crippen LogP contribution in [0, 0.1) is 0 Å². The van der Waals surface area contributed by atoms with Crippen LogP contribution in [0.1, 0.15) is 20.7 Å². The number of benzene rings is 3. The third kappa shape index (κ3) is 3.39. The van der Waals surface area contributed by atoms with Gasteiger partial charge in [0.15, 0.2) is 12.6 Å². The number of hydrogen-bond donors (Lipinski definition) is 0. The zero-order valence-electron chi connectivity index (χ0n) is 13.7. The van der Waals surface area contributed by atoms with Crippen molar-refractivity contribution in [2.75, 3.05) is 0 Å². The summed E-state index contributed by atoms with van der Waals surface area (Å²) in [4.78, 5) is 44.1. The van der Waals surface area contributed by atoms with Gasteiger partial charge >= 0.3 is 0 Å². The van der Waals surface area contributed by atoms with E-state index in [9.17, 15) is 19.2 Å². The monoisotopic (exact) mass is 342 g/mol. The van der Waals surface area contributed by atoms with Crippen molar-refractivity contribution < 1.29 is 19.2 Å². The van der Waals surface area contributed by atoms with Crippen LogP contribution in [0.15, 0.2) is 72.8 Å². The molecule has 4 heteroatoms. The maximum absolute atomic E-state index is 11.4. The van der Waals surface area contributed by atoms with Gasteiger partial charge in [0.2, 0.25) is 11.6 Å². The highest BCUT2D eigenvalue weighted by molar-refractivity contribution is 6.33. The predicted octanol–water partition coefficient (Wildman–Crippen LogP) is 3.78. The summed E-state index contributed by atoms with van der Waals surface area (Å²) in [5.41, 5.74) is 4.39. The van der Waals surface area contributed by atoms with Gasteiger partial charge in [0.05, 0.1) is 0 Å². The van der Waals surface area contributed by atoms with Crippen LogP contribution in [0.3, 0.4) is 0 Å². The molecule has 0 saturated heterocycles. The Morgan fingerprint density at radius 2 is 0.885 bits per heavy atom. The van der Waals surface area contributed by atoms with Crippen molar-refractivity contribution in [2.45, 2.75) is 0 Å². The molecule has 3 aromatic carbocycles. The van der Waals surface area contributed by atoms with E-state index < -0.39 is 11.6 Å². The summed E-state index contributed by atoms with van der Waals surface area (Å²) in [5, 5.41) is 0. The topological polar surface area (TPSA) is 68.3 Å². The van der Waals surface area contributed by atoms with Crippen LogP contribution in [0.25, 0.3) is 22.3 Å². The van der Waals surface area contributed by atoms with E-state index in [1.54, 1.807) is 48.5 Å². The Balaban J connectivity index is 2.01. The Morgan fingerprint density at radius 3 is 1.19 bits per heavy atom. The molecule has 0 unspecified atom stereocenters. The molecule has 0 saturated carbocycles. The first kappa shape index (κ1) is 17.2. The first-order valence-electron chi connectivity index (χ1n) is 7.93. The molecule has 0 aromatic heterocycles. The lowest BCUT2D eigenvalue weighted by atomic mass is 9.93. The molecule has 3 aromatic rings. The molecule has 26 heavy (non-hydrogen) atoms. The minimum absolute atomic E-state index is 0.297. The van der Waals surface area contributed by atoms with Gasteiger partial charge in [-0.05, 0) is 22.3 Å². The highest BCUT2D eigenvalue weighted by atomic mass is 16.2. The van der Waals surface area contributed by atoms with Gasteiger partial charge in [-0.3, -0.25) is 19.2 Å². The van der Waals surface area contributed by atoms with E-state index in [2.05, 4.69) is 0 Å². The summed E-state index contributed by atoms with van der Waals surface area (Å²) in [5.74, 6) is -1.11. The normalized spacial score (nSPS) is 10.2. The molecule has 0 fully saturated rings. The van der Waals surface area contributed by atoms with Crippen molar-refractivity contribution in [3.8, 4) is 22.3 Å². The Morgan fingerprint density at radius 1 is 0.538 bits per heavy atom. The van der Waals surface area contributed by atoms with E-state index in [1.165, 1.54) is 0 Å². The van der Waals surface area contributed by atoms with Gasteiger partial charge in [-0.1, -0.05) is 72.8 Å². The average Bonchev–Trinajstić information content (AvgIpc) is 2.73. The maximum Gasteiger partial charge on any atom is 0.225 e. The lowest BCUT2D eigenvalue weighted by Gasteiger charge is -2.11. The summed E-state index contributed by atoms with van der Waals surface area (Å²) in [6, 6.07) is 21.4. The van der Waals surface area contributed by atoms with Crippen molar-refractivity contribution in [1.29, 1.82) is 0 Å². The smallest absolute Gasteiger partial charge is 0.225 e. The molecule has 0 atom stereocenters. The van der Waals surface area contributed by atoms with E-state index in [-0.39, 0.29) is 0 Å². The van der Waals surface area contributed by atoms with Crippen molar-refractivity contribution in [3.05, 3.63) is 83.9 Å². The molecule has 4 nitrogen and oxygen atoms in total. The fourth-order valence-electron chi connectivity index (χ4n) is 2.75. The summed E-state index contributed by atoms with van der Waals surface area (Å²) in [7, 11) is 0. The molecule has 0 aliphatic heterocycles. The molecule has 0 spiro atoms. The van der Waals surface area contributed by atoms with Gasteiger partial charge in [0.1, 0.15) is 0 Å². The molecule has 0 bridgehead atoms. The van der Waals surface area contributed by atoms with E-state index in [0.29, 0.717) is 23.7 Å². The maximum atomic E-state index is 11.4. The quantitative estimate of drug-likeness (QED) is 0.388. The highest BCUT2D eigenvalue weighted by Gasteiger charge is 2.10. The minimum atomic E-state index is -0.555. The first-order valence-corrected chi connectivity index (χ1v) is 7.93.